The number of nitrogens with one attached hydrogen (secondary N) is 1. The molecule has 1 N–H and O–H groups in total. The number of amides is 2. The number of fused-ring (bicyclic) bond motifs is 1. The monoisotopic (exact) mass is 448 g/mol. The lowest BCUT2D eigenvalue weighted by Crippen LogP contribution is -2.32. The molecule has 34 heavy (non-hydrogen) atoms. The summed E-state index contributed by atoms with van der Waals surface area (Å²) in [6.07, 6.45) is 0. The zero-order valence-electron chi connectivity index (χ0n) is 19.3. The summed E-state index contributed by atoms with van der Waals surface area (Å²) in [7, 11) is 1.55. The van der Waals surface area contributed by atoms with Gasteiger partial charge < -0.3 is 10.1 Å². The fraction of sp³-hybridized carbons (Fsp3) is 0.103. The van der Waals surface area contributed by atoms with Crippen molar-refractivity contribution >= 4 is 39.5 Å². The summed E-state index contributed by atoms with van der Waals surface area (Å²) in [6.45, 7) is 4.02. The number of anilines is 2. The van der Waals surface area contributed by atoms with Gasteiger partial charge in [0.25, 0.3) is 11.8 Å². The van der Waals surface area contributed by atoms with Crippen LogP contribution in [0.1, 0.15) is 16.7 Å². The van der Waals surface area contributed by atoms with Gasteiger partial charge in [-0.25, -0.2) is 4.90 Å². The summed E-state index contributed by atoms with van der Waals surface area (Å²) in [5.41, 5.74) is 4.71. The molecule has 4 aromatic rings. The van der Waals surface area contributed by atoms with Crippen LogP contribution in [0.2, 0.25) is 0 Å². The number of carbonyl (C=O) groups excluding carboxylic acids is 2. The maximum Gasteiger partial charge on any atom is 0.282 e. The van der Waals surface area contributed by atoms with Crippen LogP contribution in [0.4, 0.5) is 11.4 Å². The molecule has 0 aliphatic carbocycles. The van der Waals surface area contributed by atoms with Crippen LogP contribution in [-0.4, -0.2) is 18.9 Å². The molecule has 0 saturated carbocycles. The average molecular weight is 449 g/mol. The van der Waals surface area contributed by atoms with Crippen LogP contribution in [0.25, 0.3) is 16.3 Å². The van der Waals surface area contributed by atoms with Crippen LogP contribution < -0.4 is 15.0 Å². The van der Waals surface area contributed by atoms with E-state index in [9.17, 15) is 9.59 Å². The van der Waals surface area contributed by atoms with Gasteiger partial charge in [-0.3, -0.25) is 9.59 Å². The predicted octanol–water partition coefficient (Wildman–Crippen LogP) is 5.86. The Morgan fingerprint density at radius 1 is 0.765 bits per heavy atom. The maximum absolute atomic E-state index is 13.7. The van der Waals surface area contributed by atoms with Crippen molar-refractivity contribution in [3.05, 3.63) is 107 Å². The number of benzene rings is 4. The van der Waals surface area contributed by atoms with Crippen molar-refractivity contribution in [1.29, 1.82) is 0 Å². The molecule has 0 radical (unpaired) electrons. The van der Waals surface area contributed by atoms with Gasteiger partial charge in [-0.05, 0) is 54.1 Å². The highest BCUT2D eigenvalue weighted by atomic mass is 16.5. The minimum Gasteiger partial charge on any atom is -0.497 e. The van der Waals surface area contributed by atoms with Gasteiger partial charge >= 0.3 is 0 Å². The molecule has 0 unspecified atom stereocenters. The van der Waals surface area contributed by atoms with Crippen molar-refractivity contribution in [3.8, 4) is 5.75 Å². The topological polar surface area (TPSA) is 58.6 Å². The second-order valence-electron chi connectivity index (χ2n) is 8.35. The van der Waals surface area contributed by atoms with Crippen molar-refractivity contribution in [2.75, 3.05) is 17.3 Å². The fourth-order valence-corrected chi connectivity index (χ4v) is 4.26. The lowest BCUT2D eigenvalue weighted by molar-refractivity contribution is -0.120. The third kappa shape index (κ3) is 3.61. The molecule has 168 valence electrons. The van der Waals surface area contributed by atoms with Crippen LogP contribution >= 0.6 is 0 Å². The van der Waals surface area contributed by atoms with Crippen LogP contribution in [0.5, 0.6) is 5.75 Å². The molecule has 5 nitrogen and oxygen atoms in total. The highest BCUT2D eigenvalue weighted by molar-refractivity contribution is 6.46. The molecule has 0 spiro atoms. The van der Waals surface area contributed by atoms with Gasteiger partial charge in [-0.1, -0.05) is 60.7 Å². The molecule has 0 fully saturated rings. The van der Waals surface area contributed by atoms with Crippen LogP contribution in [-0.2, 0) is 9.59 Å². The van der Waals surface area contributed by atoms with Gasteiger partial charge in [0.15, 0.2) is 0 Å². The largest absolute Gasteiger partial charge is 0.497 e. The van der Waals surface area contributed by atoms with E-state index in [-0.39, 0.29) is 11.6 Å². The summed E-state index contributed by atoms with van der Waals surface area (Å²) >= 11 is 0. The molecule has 1 aliphatic heterocycles. The van der Waals surface area contributed by atoms with Crippen LogP contribution in [0.3, 0.4) is 0 Å². The highest BCUT2D eigenvalue weighted by Crippen LogP contribution is 2.36. The Morgan fingerprint density at radius 3 is 2.32 bits per heavy atom. The molecule has 1 heterocycles. The van der Waals surface area contributed by atoms with Gasteiger partial charge in [-0.15, -0.1) is 0 Å². The van der Waals surface area contributed by atoms with Gasteiger partial charge in [-0.2, -0.15) is 0 Å². The van der Waals surface area contributed by atoms with Gasteiger partial charge in [0.05, 0.1) is 18.4 Å². The number of carbonyl (C=O) groups is 2. The zero-order valence-corrected chi connectivity index (χ0v) is 19.3. The molecule has 0 saturated heterocycles. The molecule has 1 aliphatic rings. The number of rotatable bonds is 5. The Hall–Kier alpha value is -4.38. The molecule has 2 amide bonds. The smallest absolute Gasteiger partial charge is 0.282 e. The first-order chi connectivity index (χ1) is 16.5. The summed E-state index contributed by atoms with van der Waals surface area (Å²) < 4.78 is 5.32. The quantitative estimate of drug-likeness (QED) is 0.389. The second kappa shape index (κ2) is 8.52. The average Bonchev–Trinajstić information content (AvgIpc) is 3.10. The van der Waals surface area contributed by atoms with E-state index in [1.54, 1.807) is 31.4 Å². The van der Waals surface area contributed by atoms with Crippen molar-refractivity contribution in [3.63, 3.8) is 0 Å². The molecular weight excluding hydrogens is 424 g/mol. The Kier molecular flexibility index (Phi) is 5.38. The van der Waals surface area contributed by atoms with E-state index in [1.165, 1.54) is 4.90 Å². The number of imide groups is 1. The minimum atomic E-state index is -0.403. The standard InChI is InChI=1S/C29H24N2O3/c1-18-14-15-21(16-19(18)2)26-27(30-25-13-6-9-20-8-4-5-12-24(20)25)29(33)31(28(26)32)22-10-7-11-23(17-22)34-3/h4-17,30H,1-3H3. The number of hydrogen-bond donors (Lipinski definition) is 1. The van der Waals surface area contributed by atoms with Gasteiger partial charge in [0.2, 0.25) is 0 Å². The molecule has 0 aromatic heterocycles. The molecule has 0 bridgehead atoms. The van der Waals surface area contributed by atoms with Gasteiger partial charge in [0, 0.05) is 17.1 Å². The predicted molar refractivity (Wildman–Crippen MR) is 136 cm³/mol. The zero-order chi connectivity index (χ0) is 23.8. The number of nitrogens with zero attached hydrogens (tertiary/aromatic N) is 1. The first-order valence-electron chi connectivity index (χ1n) is 11.1. The van der Waals surface area contributed by atoms with E-state index in [4.69, 9.17) is 4.74 Å². The lowest BCUT2D eigenvalue weighted by Gasteiger charge is -2.16. The number of ether oxygens (including phenoxy) is 1. The highest BCUT2D eigenvalue weighted by Gasteiger charge is 2.40. The molecular formula is C29H24N2O3. The Labute approximate surface area is 198 Å². The van der Waals surface area contributed by atoms with Crippen LogP contribution in [0.15, 0.2) is 90.6 Å². The van der Waals surface area contributed by atoms with E-state index < -0.39 is 5.91 Å². The third-order valence-electron chi connectivity index (χ3n) is 6.24. The fourth-order valence-electron chi connectivity index (χ4n) is 4.26. The summed E-state index contributed by atoms with van der Waals surface area (Å²) in [6, 6.07) is 26.6. The molecule has 5 heteroatoms. The van der Waals surface area contributed by atoms with Crippen LogP contribution in [0, 0.1) is 13.8 Å². The SMILES string of the molecule is COc1cccc(N2C(=O)C(Nc3cccc4ccccc34)=C(c3ccc(C)c(C)c3)C2=O)c1. The lowest BCUT2D eigenvalue weighted by atomic mass is 9.99. The number of aryl methyl sites for hydroxylation is 2. The maximum atomic E-state index is 13.7. The molecule has 5 rings (SSSR count). The van der Waals surface area contributed by atoms with Crippen molar-refractivity contribution in [2.45, 2.75) is 13.8 Å². The summed E-state index contributed by atoms with van der Waals surface area (Å²) in [5.74, 6) is -0.204. The van der Waals surface area contributed by atoms with Crippen molar-refractivity contribution < 1.29 is 14.3 Å². The van der Waals surface area contributed by atoms with E-state index >= 15 is 0 Å². The van der Waals surface area contributed by atoms with E-state index in [0.717, 1.165) is 27.6 Å². The first-order valence-corrected chi connectivity index (χ1v) is 11.1. The summed E-state index contributed by atoms with van der Waals surface area (Å²) in [4.78, 5) is 28.7. The normalized spacial score (nSPS) is 13.7. The number of hydrogen-bond acceptors (Lipinski definition) is 4. The molecule has 0 atom stereocenters. The Morgan fingerprint density at radius 2 is 1.53 bits per heavy atom. The Balaban J connectivity index is 1.67. The summed E-state index contributed by atoms with van der Waals surface area (Å²) in [5, 5.41) is 5.32. The first kappa shape index (κ1) is 21.5. The van der Waals surface area contributed by atoms with E-state index in [2.05, 4.69) is 5.32 Å². The van der Waals surface area contributed by atoms with Crippen molar-refractivity contribution in [2.24, 2.45) is 0 Å². The van der Waals surface area contributed by atoms with E-state index in [1.807, 2.05) is 74.5 Å². The van der Waals surface area contributed by atoms with Gasteiger partial charge in [0.1, 0.15) is 11.4 Å². The Bertz CT molecular complexity index is 1480. The third-order valence-corrected chi connectivity index (χ3v) is 6.24. The second-order valence-corrected chi connectivity index (χ2v) is 8.35. The number of methoxy groups -OCH3 is 1. The molecule has 4 aromatic carbocycles. The minimum absolute atomic E-state index is 0.257. The van der Waals surface area contributed by atoms with Crippen molar-refractivity contribution in [1.82, 2.24) is 0 Å². The van der Waals surface area contributed by atoms with E-state index in [0.29, 0.717) is 22.6 Å².